The number of likely N-dealkylation sites (tertiary alicyclic amines) is 1. The highest BCUT2D eigenvalue weighted by Gasteiger charge is 2.29. The van der Waals surface area contributed by atoms with E-state index in [1.54, 1.807) is 12.4 Å². The summed E-state index contributed by atoms with van der Waals surface area (Å²) in [5, 5.41) is 3.58. The van der Waals surface area contributed by atoms with Crippen LogP contribution in [0.1, 0.15) is 42.9 Å². The number of piperidine rings is 1. The average Bonchev–Trinajstić information content (AvgIpc) is 3.18. The van der Waals surface area contributed by atoms with E-state index in [1.165, 1.54) is 16.2 Å². The van der Waals surface area contributed by atoms with Crippen LogP contribution in [-0.4, -0.2) is 32.4 Å². The van der Waals surface area contributed by atoms with Crippen LogP contribution in [0.15, 0.2) is 18.6 Å². The number of nitrogens with one attached hydrogen (secondary N) is 2. The first-order valence-corrected chi connectivity index (χ1v) is 8.11. The summed E-state index contributed by atoms with van der Waals surface area (Å²) in [5.41, 5.74) is 0. The van der Waals surface area contributed by atoms with Crippen molar-refractivity contribution in [2.75, 3.05) is 11.9 Å². The van der Waals surface area contributed by atoms with Gasteiger partial charge >= 0.3 is 6.03 Å². The lowest BCUT2D eigenvalue weighted by Crippen LogP contribution is -2.41. The van der Waals surface area contributed by atoms with Gasteiger partial charge in [-0.3, -0.25) is 5.32 Å². The highest BCUT2D eigenvalue weighted by molar-refractivity contribution is 7.15. The van der Waals surface area contributed by atoms with E-state index in [0.29, 0.717) is 5.13 Å². The molecule has 7 heteroatoms. The smallest absolute Gasteiger partial charge is 0.324 e. The van der Waals surface area contributed by atoms with Crippen molar-refractivity contribution in [3.63, 3.8) is 0 Å². The Morgan fingerprint density at radius 3 is 3.14 bits per heavy atom. The van der Waals surface area contributed by atoms with Crippen LogP contribution in [-0.2, 0) is 6.42 Å². The summed E-state index contributed by atoms with van der Waals surface area (Å²) in [6, 6.07) is -0.0625. The third-order valence-electron chi connectivity index (χ3n) is 3.71. The summed E-state index contributed by atoms with van der Waals surface area (Å²) in [6.45, 7) is 2.83. The summed E-state index contributed by atoms with van der Waals surface area (Å²) in [6.07, 6.45) is 9.38. The van der Waals surface area contributed by atoms with Crippen molar-refractivity contribution in [2.45, 2.75) is 38.6 Å². The lowest BCUT2D eigenvalue weighted by Gasteiger charge is -2.34. The van der Waals surface area contributed by atoms with Crippen LogP contribution >= 0.6 is 11.3 Å². The molecule has 0 spiro atoms. The molecule has 0 aromatic carbocycles. The molecule has 6 nitrogen and oxygen atoms in total. The molecule has 0 saturated carbocycles. The molecule has 2 aromatic heterocycles. The molecule has 1 unspecified atom stereocenters. The van der Waals surface area contributed by atoms with Gasteiger partial charge < -0.3 is 9.88 Å². The Bertz CT molecular complexity index is 594. The molecule has 1 fully saturated rings. The van der Waals surface area contributed by atoms with Crippen molar-refractivity contribution in [3.8, 4) is 0 Å². The third-order valence-corrected chi connectivity index (χ3v) is 4.77. The van der Waals surface area contributed by atoms with Crippen molar-refractivity contribution in [1.29, 1.82) is 0 Å². The van der Waals surface area contributed by atoms with E-state index in [-0.39, 0.29) is 12.1 Å². The number of imidazole rings is 1. The van der Waals surface area contributed by atoms with Gasteiger partial charge in [0.25, 0.3) is 0 Å². The Hall–Kier alpha value is -1.89. The molecule has 0 bridgehead atoms. The van der Waals surface area contributed by atoms with E-state index in [4.69, 9.17) is 0 Å². The van der Waals surface area contributed by atoms with Gasteiger partial charge in [0.15, 0.2) is 5.13 Å². The number of urea groups is 1. The predicted octanol–water partition coefficient (Wildman–Crippen LogP) is 3.19. The number of H-pyrrole nitrogens is 1. The van der Waals surface area contributed by atoms with Crippen LogP contribution in [0.25, 0.3) is 0 Å². The molecule has 3 heterocycles. The molecule has 21 heavy (non-hydrogen) atoms. The number of aromatic nitrogens is 3. The highest BCUT2D eigenvalue weighted by Crippen LogP contribution is 2.29. The van der Waals surface area contributed by atoms with Crippen molar-refractivity contribution in [1.82, 2.24) is 19.9 Å². The SMILES string of the molecule is CCc1cnc(NC(=O)N2CCCCC2c2ncc[nH]2)s1. The fourth-order valence-electron chi connectivity index (χ4n) is 2.61. The Labute approximate surface area is 127 Å². The Balaban J connectivity index is 1.72. The number of amides is 2. The normalized spacial score (nSPS) is 18.7. The zero-order chi connectivity index (χ0) is 14.7. The van der Waals surface area contributed by atoms with Gasteiger partial charge in [-0.05, 0) is 25.7 Å². The summed E-state index contributed by atoms with van der Waals surface area (Å²) in [5.74, 6) is 0.859. The molecule has 112 valence electrons. The Morgan fingerprint density at radius 1 is 1.52 bits per heavy atom. The molecule has 2 amide bonds. The van der Waals surface area contributed by atoms with Gasteiger partial charge in [-0.1, -0.05) is 6.92 Å². The molecule has 1 aliphatic heterocycles. The van der Waals surface area contributed by atoms with E-state index >= 15 is 0 Å². The van der Waals surface area contributed by atoms with E-state index in [9.17, 15) is 4.79 Å². The molecule has 2 aromatic rings. The minimum Gasteiger partial charge on any atom is -0.347 e. The average molecular weight is 305 g/mol. The summed E-state index contributed by atoms with van der Waals surface area (Å²) < 4.78 is 0. The second-order valence-electron chi connectivity index (χ2n) is 5.09. The minimum atomic E-state index is -0.0897. The molecule has 0 radical (unpaired) electrons. The third kappa shape index (κ3) is 3.07. The number of hydrogen-bond acceptors (Lipinski definition) is 4. The first-order valence-electron chi connectivity index (χ1n) is 7.29. The molecular weight excluding hydrogens is 286 g/mol. The van der Waals surface area contributed by atoms with E-state index in [0.717, 1.165) is 38.1 Å². The first kappa shape index (κ1) is 14.1. The van der Waals surface area contributed by atoms with Crippen LogP contribution in [0.4, 0.5) is 9.93 Å². The number of carbonyl (C=O) groups is 1. The standard InChI is InChI=1S/C14H19N5OS/c1-2-10-9-17-13(21-10)18-14(20)19-8-4-3-5-11(19)12-15-6-7-16-12/h6-7,9,11H,2-5,8H2,1H3,(H,15,16)(H,17,18,20). The lowest BCUT2D eigenvalue weighted by atomic mass is 10.0. The van der Waals surface area contributed by atoms with E-state index in [1.807, 2.05) is 11.1 Å². The fraction of sp³-hybridized carbons (Fsp3) is 0.500. The van der Waals surface area contributed by atoms with Crippen molar-refractivity contribution < 1.29 is 4.79 Å². The number of aryl methyl sites for hydroxylation is 1. The van der Waals surface area contributed by atoms with Crippen LogP contribution in [0.3, 0.4) is 0 Å². The zero-order valence-electron chi connectivity index (χ0n) is 12.0. The summed E-state index contributed by atoms with van der Waals surface area (Å²) in [7, 11) is 0. The van der Waals surface area contributed by atoms with Crippen LogP contribution in [0.5, 0.6) is 0 Å². The monoisotopic (exact) mass is 305 g/mol. The van der Waals surface area contributed by atoms with Gasteiger partial charge in [-0.25, -0.2) is 14.8 Å². The Morgan fingerprint density at radius 2 is 2.43 bits per heavy atom. The first-order chi connectivity index (χ1) is 10.3. The van der Waals surface area contributed by atoms with Crippen LogP contribution in [0.2, 0.25) is 0 Å². The number of aromatic amines is 1. The maximum absolute atomic E-state index is 12.5. The molecule has 2 N–H and O–H groups in total. The highest BCUT2D eigenvalue weighted by atomic mass is 32.1. The quantitative estimate of drug-likeness (QED) is 0.914. The molecule has 1 atom stereocenters. The van der Waals surface area contributed by atoms with Gasteiger partial charge in [0.05, 0.1) is 6.04 Å². The number of nitrogens with zero attached hydrogens (tertiary/aromatic N) is 3. The predicted molar refractivity (Wildman–Crippen MR) is 82.4 cm³/mol. The number of thiazole rings is 1. The molecular formula is C14H19N5OS. The summed E-state index contributed by atoms with van der Waals surface area (Å²) >= 11 is 1.53. The lowest BCUT2D eigenvalue weighted by molar-refractivity contribution is 0.160. The number of anilines is 1. The van der Waals surface area contributed by atoms with Crippen molar-refractivity contribution >= 4 is 22.5 Å². The van der Waals surface area contributed by atoms with Gasteiger partial charge in [0, 0.05) is 30.0 Å². The van der Waals surface area contributed by atoms with Gasteiger partial charge in [-0.2, -0.15) is 0 Å². The molecule has 1 saturated heterocycles. The molecule has 3 rings (SSSR count). The number of hydrogen-bond donors (Lipinski definition) is 2. The van der Waals surface area contributed by atoms with Crippen molar-refractivity contribution in [3.05, 3.63) is 29.3 Å². The second kappa shape index (κ2) is 6.26. The van der Waals surface area contributed by atoms with Crippen molar-refractivity contribution in [2.24, 2.45) is 0 Å². The van der Waals surface area contributed by atoms with Gasteiger partial charge in [0.1, 0.15) is 5.82 Å². The fourth-order valence-corrected chi connectivity index (χ4v) is 3.35. The maximum Gasteiger partial charge on any atom is 0.324 e. The largest absolute Gasteiger partial charge is 0.347 e. The van der Waals surface area contributed by atoms with Crippen LogP contribution < -0.4 is 5.32 Å². The molecule has 1 aliphatic rings. The van der Waals surface area contributed by atoms with Gasteiger partial charge in [-0.15, -0.1) is 11.3 Å². The van der Waals surface area contributed by atoms with Crippen LogP contribution in [0, 0.1) is 0 Å². The Kier molecular flexibility index (Phi) is 4.19. The maximum atomic E-state index is 12.5. The zero-order valence-corrected chi connectivity index (χ0v) is 12.8. The topological polar surface area (TPSA) is 73.9 Å². The van der Waals surface area contributed by atoms with Gasteiger partial charge in [0.2, 0.25) is 0 Å². The second-order valence-corrected chi connectivity index (χ2v) is 6.21. The number of rotatable bonds is 3. The molecule has 0 aliphatic carbocycles. The number of carbonyl (C=O) groups excluding carboxylic acids is 1. The minimum absolute atomic E-state index is 0.0272. The van der Waals surface area contributed by atoms with E-state index < -0.39 is 0 Å². The van der Waals surface area contributed by atoms with E-state index in [2.05, 4.69) is 27.2 Å². The summed E-state index contributed by atoms with van der Waals surface area (Å²) in [4.78, 5) is 27.2.